The van der Waals surface area contributed by atoms with Gasteiger partial charge in [0.1, 0.15) is 18.2 Å². The number of ether oxygens (including phenoxy) is 1. The van der Waals surface area contributed by atoms with Crippen LogP contribution in [-0.4, -0.2) is 14.7 Å². The third-order valence-corrected chi connectivity index (χ3v) is 5.66. The second-order valence-electron chi connectivity index (χ2n) is 7.25. The number of hydrogen-bond acceptors (Lipinski definition) is 3. The molecular weight excluding hydrogens is 401 g/mol. The summed E-state index contributed by atoms with van der Waals surface area (Å²) in [6, 6.07) is 19.9. The number of anilines is 1. The van der Waals surface area contributed by atoms with Gasteiger partial charge in [-0.25, -0.2) is 12.8 Å². The first-order chi connectivity index (χ1) is 14.4. The highest BCUT2D eigenvalue weighted by molar-refractivity contribution is 7.92. The fourth-order valence-electron chi connectivity index (χ4n) is 3.85. The summed E-state index contributed by atoms with van der Waals surface area (Å²) in [4.78, 5) is 0. The van der Waals surface area contributed by atoms with E-state index in [2.05, 4.69) is 11.6 Å². The van der Waals surface area contributed by atoms with E-state index in [1.54, 1.807) is 12.1 Å². The Morgan fingerprint density at radius 3 is 2.60 bits per heavy atom. The van der Waals surface area contributed by atoms with Crippen LogP contribution in [-0.2, 0) is 16.6 Å². The van der Waals surface area contributed by atoms with Crippen LogP contribution in [0.15, 0.2) is 66.7 Å². The van der Waals surface area contributed by atoms with Crippen LogP contribution in [0.5, 0.6) is 5.75 Å². The second kappa shape index (κ2) is 7.95. The molecule has 1 aliphatic rings. The summed E-state index contributed by atoms with van der Waals surface area (Å²) < 4.78 is 45.8. The first-order valence-electron chi connectivity index (χ1n) is 9.68. The zero-order valence-electron chi connectivity index (χ0n) is 16.8. The van der Waals surface area contributed by atoms with Crippen LogP contribution in [0.3, 0.4) is 0 Å². The molecule has 154 valence electrons. The fourth-order valence-corrected chi connectivity index (χ4v) is 4.40. The zero-order chi connectivity index (χ0) is 21.3. The van der Waals surface area contributed by atoms with Gasteiger partial charge in [-0.05, 0) is 58.5 Å². The van der Waals surface area contributed by atoms with Crippen LogP contribution in [0.25, 0.3) is 11.1 Å². The molecular formula is C24H22FNO3S. The van der Waals surface area contributed by atoms with Crippen molar-refractivity contribution in [1.29, 1.82) is 0 Å². The molecule has 0 saturated carbocycles. The van der Waals surface area contributed by atoms with Gasteiger partial charge >= 0.3 is 0 Å². The lowest BCUT2D eigenvalue weighted by atomic mass is 9.86. The standard InChI is InChI=1S/C24H22FNO3S/c1-3-20(16-8-6-9-19(13-16)26-30(2,27)28)24-21-10-5-4-7-17(21)15-29-23-14-18(25)11-12-22(23)24/h4-14,26H,3,15H2,1-2H3/b24-20+. The summed E-state index contributed by atoms with van der Waals surface area (Å²) in [7, 11) is -3.39. The van der Waals surface area contributed by atoms with E-state index in [0.717, 1.165) is 39.7 Å². The molecule has 6 heteroatoms. The van der Waals surface area contributed by atoms with Gasteiger partial charge in [-0.3, -0.25) is 4.72 Å². The maximum atomic E-state index is 13.9. The average molecular weight is 424 g/mol. The van der Waals surface area contributed by atoms with E-state index < -0.39 is 10.0 Å². The van der Waals surface area contributed by atoms with E-state index in [4.69, 9.17) is 4.74 Å². The van der Waals surface area contributed by atoms with E-state index in [1.807, 2.05) is 42.5 Å². The first kappa shape index (κ1) is 20.2. The van der Waals surface area contributed by atoms with Gasteiger partial charge in [-0.2, -0.15) is 0 Å². The molecule has 1 aliphatic heterocycles. The highest BCUT2D eigenvalue weighted by Crippen LogP contribution is 2.42. The summed E-state index contributed by atoms with van der Waals surface area (Å²) in [6.45, 7) is 2.40. The maximum Gasteiger partial charge on any atom is 0.229 e. The van der Waals surface area contributed by atoms with Gasteiger partial charge in [0.25, 0.3) is 0 Å². The predicted molar refractivity (Wildman–Crippen MR) is 118 cm³/mol. The molecule has 3 aromatic rings. The minimum absolute atomic E-state index is 0.350. The van der Waals surface area contributed by atoms with Crippen LogP contribution in [0.2, 0.25) is 0 Å². The minimum Gasteiger partial charge on any atom is -0.488 e. The molecule has 0 spiro atoms. The fraction of sp³-hybridized carbons (Fsp3) is 0.167. The molecule has 3 aromatic carbocycles. The molecule has 0 radical (unpaired) electrons. The Morgan fingerprint density at radius 1 is 1.03 bits per heavy atom. The van der Waals surface area contributed by atoms with Crippen molar-refractivity contribution in [3.8, 4) is 5.75 Å². The number of halogens is 1. The molecule has 0 unspecified atom stereocenters. The molecule has 0 atom stereocenters. The van der Waals surface area contributed by atoms with Gasteiger partial charge in [-0.1, -0.05) is 43.3 Å². The molecule has 0 bridgehead atoms. The van der Waals surface area contributed by atoms with Crippen molar-refractivity contribution >= 4 is 26.9 Å². The van der Waals surface area contributed by atoms with Gasteiger partial charge in [0.05, 0.1) is 6.26 Å². The molecule has 1 N–H and O–H groups in total. The largest absolute Gasteiger partial charge is 0.488 e. The van der Waals surface area contributed by atoms with E-state index in [0.29, 0.717) is 24.5 Å². The van der Waals surface area contributed by atoms with Crippen LogP contribution < -0.4 is 9.46 Å². The minimum atomic E-state index is -3.39. The molecule has 1 heterocycles. The lowest BCUT2D eigenvalue weighted by Gasteiger charge is -2.18. The monoisotopic (exact) mass is 423 g/mol. The third-order valence-electron chi connectivity index (χ3n) is 5.05. The van der Waals surface area contributed by atoms with Gasteiger partial charge in [0.15, 0.2) is 0 Å². The lowest BCUT2D eigenvalue weighted by Crippen LogP contribution is -2.09. The number of hydrogen-bond donors (Lipinski definition) is 1. The van der Waals surface area contributed by atoms with Crippen molar-refractivity contribution in [2.45, 2.75) is 20.0 Å². The Kier molecular flexibility index (Phi) is 5.35. The van der Waals surface area contributed by atoms with Crippen molar-refractivity contribution in [2.24, 2.45) is 0 Å². The topological polar surface area (TPSA) is 55.4 Å². The molecule has 4 nitrogen and oxygen atoms in total. The van der Waals surface area contributed by atoms with Crippen molar-refractivity contribution < 1.29 is 17.5 Å². The number of rotatable bonds is 4. The number of fused-ring (bicyclic) bond motifs is 2. The van der Waals surface area contributed by atoms with Crippen molar-refractivity contribution in [2.75, 3.05) is 11.0 Å². The van der Waals surface area contributed by atoms with E-state index in [1.165, 1.54) is 12.1 Å². The van der Waals surface area contributed by atoms with Crippen LogP contribution in [0, 0.1) is 5.82 Å². The van der Waals surface area contributed by atoms with Gasteiger partial charge in [0, 0.05) is 17.3 Å². The molecule has 4 rings (SSSR count). The Hall–Kier alpha value is -3.12. The smallest absolute Gasteiger partial charge is 0.229 e. The summed E-state index contributed by atoms with van der Waals surface area (Å²) in [5, 5.41) is 0. The Morgan fingerprint density at radius 2 is 1.83 bits per heavy atom. The number of benzene rings is 3. The number of sulfonamides is 1. The lowest BCUT2D eigenvalue weighted by molar-refractivity contribution is 0.305. The van der Waals surface area contributed by atoms with E-state index in [-0.39, 0.29) is 5.82 Å². The molecule has 0 aromatic heterocycles. The molecule has 0 amide bonds. The van der Waals surface area contributed by atoms with E-state index in [9.17, 15) is 12.8 Å². The van der Waals surface area contributed by atoms with Gasteiger partial charge < -0.3 is 4.74 Å². The van der Waals surface area contributed by atoms with Crippen molar-refractivity contribution in [3.05, 3.63) is 94.8 Å². The van der Waals surface area contributed by atoms with Gasteiger partial charge in [-0.15, -0.1) is 0 Å². The summed E-state index contributed by atoms with van der Waals surface area (Å²) in [6.07, 6.45) is 1.82. The Labute approximate surface area is 176 Å². The number of nitrogens with one attached hydrogen (secondary N) is 1. The third kappa shape index (κ3) is 4.09. The quantitative estimate of drug-likeness (QED) is 0.606. The van der Waals surface area contributed by atoms with Crippen molar-refractivity contribution in [1.82, 2.24) is 0 Å². The Balaban J connectivity index is 1.99. The van der Waals surface area contributed by atoms with Crippen LogP contribution in [0.4, 0.5) is 10.1 Å². The Bertz CT molecular complexity index is 1250. The van der Waals surface area contributed by atoms with E-state index >= 15 is 0 Å². The molecule has 0 saturated heterocycles. The highest BCUT2D eigenvalue weighted by Gasteiger charge is 2.23. The molecule has 0 aliphatic carbocycles. The SMILES string of the molecule is CC/C(=C1/c2ccccc2COc2cc(F)ccc21)c1cccc(NS(C)(=O)=O)c1. The summed E-state index contributed by atoms with van der Waals surface area (Å²) in [5.41, 5.74) is 6.25. The van der Waals surface area contributed by atoms with Crippen LogP contribution in [0.1, 0.15) is 35.6 Å². The van der Waals surface area contributed by atoms with Gasteiger partial charge in [0.2, 0.25) is 10.0 Å². The predicted octanol–water partition coefficient (Wildman–Crippen LogP) is 5.46. The first-order valence-corrected chi connectivity index (χ1v) is 11.6. The maximum absolute atomic E-state index is 13.9. The summed E-state index contributed by atoms with van der Waals surface area (Å²) in [5.74, 6) is 0.147. The highest BCUT2D eigenvalue weighted by atomic mass is 32.2. The number of allylic oxidation sites excluding steroid dienone is 1. The molecule has 0 fully saturated rings. The van der Waals surface area contributed by atoms with Crippen molar-refractivity contribution in [3.63, 3.8) is 0 Å². The second-order valence-corrected chi connectivity index (χ2v) is 9.00. The average Bonchev–Trinajstić information content (AvgIpc) is 2.85. The molecule has 30 heavy (non-hydrogen) atoms. The zero-order valence-corrected chi connectivity index (χ0v) is 17.6. The van der Waals surface area contributed by atoms with Crippen LogP contribution >= 0.6 is 0 Å². The normalized spacial score (nSPS) is 14.8. The summed E-state index contributed by atoms with van der Waals surface area (Å²) >= 11 is 0.